The summed E-state index contributed by atoms with van der Waals surface area (Å²) in [7, 11) is 1.63. The van der Waals surface area contributed by atoms with Crippen molar-refractivity contribution in [3.8, 4) is 0 Å². The number of carbonyl (C=O) groups excluding carboxylic acids is 1. The molecule has 0 radical (unpaired) electrons. The molecule has 0 bridgehead atoms. The first kappa shape index (κ1) is 13.4. The van der Waals surface area contributed by atoms with Crippen molar-refractivity contribution in [2.75, 3.05) is 26.8 Å². The molecular weight excluding hydrogens is 208 g/mol. The molecule has 1 fully saturated rings. The topological polar surface area (TPSA) is 70.6 Å². The lowest BCUT2D eigenvalue weighted by molar-refractivity contribution is -0.121. The highest BCUT2D eigenvalue weighted by molar-refractivity contribution is 5.78. The lowest BCUT2D eigenvalue weighted by Gasteiger charge is -2.26. The Balaban J connectivity index is 2.08. The van der Waals surface area contributed by atoms with E-state index in [-0.39, 0.29) is 18.1 Å². The highest BCUT2D eigenvalue weighted by Crippen LogP contribution is 2.17. The molecule has 5 heteroatoms. The van der Waals surface area contributed by atoms with Crippen LogP contribution < -0.4 is 10.6 Å². The van der Waals surface area contributed by atoms with Gasteiger partial charge in [0.05, 0.1) is 19.3 Å². The van der Waals surface area contributed by atoms with Crippen molar-refractivity contribution in [1.29, 1.82) is 0 Å². The van der Waals surface area contributed by atoms with Crippen LogP contribution in [0, 0.1) is 0 Å². The Labute approximate surface area is 96.6 Å². The number of hydrogen-bond donors (Lipinski definition) is 3. The molecule has 0 aromatic rings. The van der Waals surface area contributed by atoms with Crippen LogP contribution in [0.3, 0.4) is 0 Å². The third kappa shape index (κ3) is 5.44. The van der Waals surface area contributed by atoms with E-state index in [0.717, 1.165) is 19.3 Å². The van der Waals surface area contributed by atoms with Crippen molar-refractivity contribution in [1.82, 2.24) is 10.6 Å². The molecule has 1 saturated carbocycles. The predicted octanol–water partition coefficient (Wildman–Crippen LogP) is -0.358. The Hall–Kier alpha value is -0.650. The highest BCUT2D eigenvalue weighted by Gasteiger charge is 2.21. The van der Waals surface area contributed by atoms with Crippen LogP contribution in [0.2, 0.25) is 0 Å². The summed E-state index contributed by atoms with van der Waals surface area (Å²) in [4.78, 5) is 11.5. The largest absolute Gasteiger partial charge is 0.393 e. The SMILES string of the molecule is COCCNCC(=O)NC1CCCC(O)C1. The fraction of sp³-hybridized carbons (Fsp3) is 0.909. The summed E-state index contributed by atoms with van der Waals surface area (Å²) in [5, 5.41) is 15.4. The molecule has 1 amide bonds. The van der Waals surface area contributed by atoms with Crippen molar-refractivity contribution >= 4 is 5.91 Å². The molecule has 94 valence electrons. The van der Waals surface area contributed by atoms with E-state index in [9.17, 15) is 9.90 Å². The van der Waals surface area contributed by atoms with E-state index >= 15 is 0 Å². The maximum absolute atomic E-state index is 11.5. The van der Waals surface area contributed by atoms with Crippen LogP contribution in [0.4, 0.5) is 0 Å². The lowest BCUT2D eigenvalue weighted by Crippen LogP contribution is -2.43. The molecule has 2 unspecified atom stereocenters. The molecule has 0 aliphatic heterocycles. The average molecular weight is 230 g/mol. The second-order valence-electron chi connectivity index (χ2n) is 4.25. The molecule has 2 atom stereocenters. The van der Waals surface area contributed by atoms with E-state index in [1.54, 1.807) is 7.11 Å². The van der Waals surface area contributed by atoms with Crippen molar-refractivity contribution < 1.29 is 14.6 Å². The van der Waals surface area contributed by atoms with E-state index < -0.39 is 0 Å². The second-order valence-corrected chi connectivity index (χ2v) is 4.25. The van der Waals surface area contributed by atoms with Gasteiger partial charge in [-0.1, -0.05) is 0 Å². The minimum Gasteiger partial charge on any atom is -0.393 e. The number of methoxy groups -OCH3 is 1. The van der Waals surface area contributed by atoms with Gasteiger partial charge in [-0.3, -0.25) is 4.79 Å². The number of nitrogens with one attached hydrogen (secondary N) is 2. The number of aliphatic hydroxyl groups excluding tert-OH is 1. The molecule has 3 N–H and O–H groups in total. The van der Waals surface area contributed by atoms with Crippen LogP contribution in [-0.4, -0.2) is 50.0 Å². The van der Waals surface area contributed by atoms with Crippen molar-refractivity contribution in [2.45, 2.75) is 37.8 Å². The Bertz CT molecular complexity index is 211. The van der Waals surface area contributed by atoms with Gasteiger partial charge >= 0.3 is 0 Å². The minimum absolute atomic E-state index is 0.00444. The second kappa shape index (κ2) is 7.60. The van der Waals surface area contributed by atoms with Crippen LogP contribution in [0.1, 0.15) is 25.7 Å². The minimum atomic E-state index is -0.250. The van der Waals surface area contributed by atoms with Crippen molar-refractivity contribution in [3.63, 3.8) is 0 Å². The molecule has 1 aliphatic carbocycles. The monoisotopic (exact) mass is 230 g/mol. The van der Waals surface area contributed by atoms with E-state index in [0.29, 0.717) is 26.1 Å². The first-order chi connectivity index (χ1) is 7.72. The van der Waals surface area contributed by atoms with E-state index in [1.807, 2.05) is 0 Å². The number of rotatable bonds is 6. The number of carbonyl (C=O) groups is 1. The molecule has 0 spiro atoms. The van der Waals surface area contributed by atoms with Gasteiger partial charge < -0.3 is 20.5 Å². The summed E-state index contributed by atoms with van der Waals surface area (Å²) in [5.41, 5.74) is 0. The number of amides is 1. The van der Waals surface area contributed by atoms with Crippen LogP contribution in [0.5, 0.6) is 0 Å². The number of aliphatic hydroxyl groups is 1. The van der Waals surface area contributed by atoms with Gasteiger partial charge in [0.25, 0.3) is 0 Å². The maximum Gasteiger partial charge on any atom is 0.234 e. The molecule has 0 aromatic carbocycles. The fourth-order valence-electron chi connectivity index (χ4n) is 1.95. The molecule has 0 heterocycles. The Morgan fingerprint density at radius 3 is 3.00 bits per heavy atom. The molecular formula is C11H22N2O3. The van der Waals surface area contributed by atoms with Crippen molar-refractivity contribution in [2.24, 2.45) is 0 Å². The zero-order valence-electron chi connectivity index (χ0n) is 9.87. The molecule has 5 nitrogen and oxygen atoms in total. The van der Waals surface area contributed by atoms with E-state index in [4.69, 9.17) is 4.74 Å². The standard InChI is InChI=1S/C11H22N2O3/c1-16-6-5-12-8-11(15)13-9-3-2-4-10(14)7-9/h9-10,12,14H,2-8H2,1H3,(H,13,15). The number of ether oxygens (including phenoxy) is 1. The predicted molar refractivity (Wildman–Crippen MR) is 61.2 cm³/mol. The fourth-order valence-corrected chi connectivity index (χ4v) is 1.95. The van der Waals surface area contributed by atoms with Gasteiger partial charge in [-0.2, -0.15) is 0 Å². The van der Waals surface area contributed by atoms with Crippen LogP contribution in [0.25, 0.3) is 0 Å². The van der Waals surface area contributed by atoms with Crippen LogP contribution in [0.15, 0.2) is 0 Å². The van der Waals surface area contributed by atoms with Gasteiger partial charge in [-0.05, 0) is 25.7 Å². The summed E-state index contributed by atoms with van der Waals surface area (Å²) < 4.78 is 4.86. The average Bonchev–Trinajstić information content (AvgIpc) is 2.24. The van der Waals surface area contributed by atoms with Crippen LogP contribution in [-0.2, 0) is 9.53 Å². The lowest BCUT2D eigenvalue weighted by atomic mass is 9.93. The van der Waals surface area contributed by atoms with Crippen molar-refractivity contribution in [3.05, 3.63) is 0 Å². The van der Waals surface area contributed by atoms with Gasteiger partial charge in [0.15, 0.2) is 0 Å². The third-order valence-electron chi connectivity index (χ3n) is 2.78. The molecule has 0 aromatic heterocycles. The smallest absolute Gasteiger partial charge is 0.234 e. The van der Waals surface area contributed by atoms with Crippen LogP contribution >= 0.6 is 0 Å². The molecule has 0 saturated heterocycles. The van der Waals surface area contributed by atoms with E-state index in [2.05, 4.69) is 10.6 Å². The number of hydrogen-bond acceptors (Lipinski definition) is 4. The Kier molecular flexibility index (Phi) is 6.37. The highest BCUT2D eigenvalue weighted by atomic mass is 16.5. The summed E-state index contributed by atoms with van der Waals surface area (Å²) in [5.74, 6) is -0.00444. The summed E-state index contributed by atoms with van der Waals surface area (Å²) >= 11 is 0. The maximum atomic E-state index is 11.5. The summed E-state index contributed by atoms with van der Waals surface area (Å²) in [6, 6.07) is 0.139. The van der Waals surface area contributed by atoms with Gasteiger partial charge in [-0.25, -0.2) is 0 Å². The summed E-state index contributed by atoms with van der Waals surface area (Å²) in [6.07, 6.45) is 3.26. The first-order valence-corrected chi connectivity index (χ1v) is 5.89. The Morgan fingerprint density at radius 2 is 2.31 bits per heavy atom. The van der Waals surface area contributed by atoms with E-state index in [1.165, 1.54) is 0 Å². The molecule has 1 aliphatic rings. The Morgan fingerprint density at radius 1 is 1.50 bits per heavy atom. The third-order valence-corrected chi connectivity index (χ3v) is 2.78. The summed E-state index contributed by atoms with van der Waals surface area (Å²) in [6.45, 7) is 1.60. The molecule has 16 heavy (non-hydrogen) atoms. The quantitative estimate of drug-likeness (QED) is 0.545. The van der Waals surface area contributed by atoms with Gasteiger partial charge in [0, 0.05) is 19.7 Å². The first-order valence-electron chi connectivity index (χ1n) is 5.89. The van der Waals surface area contributed by atoms with Gasteiger partial charge in [0.2, 0.25) is 5.91 Å². The zero-order chi connectivity index (χ0) is 11.8. The zero-order valence-corrected chi connectivity index (χ0v) is 9.87. The normalized spacial score (nSPS) is 25.4. The molecule has 1 rings (SSSR count). The van der Waals surface area contributed by atoms with Gasteiger partial charge in [-0.15, -0.1) is 0 Å². The van der Waals surface area contributed by atoms with Gasteiger partial charge in [0.1, 0.15) is 0 Å².